The molecule has 0 aromatic rings. The molecule has 0 heterocycles. The summed E-state index contributed by atoms with van der Waals surface area (Å²) in [5.74, 6) is 3.92. The van der Waals surface area contributed by atoms with E-state index in [1.807, 2.05) is 0 Å². The van der Waals surface area contributed by atoms with Crippen LogP contribution in [0.3, 0.4) is 0 Å². The maximum absolute atomic E-state index is 2.41. The highest BCUT2D eigenvalue weighted by molar-refractivity contribution is 4.80. The van der Waals surface area contributed by atoms with Crippen molar-refractivity contribution in [1.29, 1.82) is 0 Å². The number of hydrogen-bond acceptors (Lipinski definition) is 0. The maximum Gasteiger partial charge on any atom is -0.0354 e. The van der Waals surface area contributed by atoms with Gasteiger partial charge in [-0.3, -0.25) is 0 Å². The minimum Gasteiger partial charge on any atom is -0.0654 e. The third-order valence-electron chi connectivity index (χ3n) is 8.34. The summed E-state index contributed by atoms with van der Waals surface area (Å²) in [5.41, 5.74) is 1.65. The zero-order chi connectivity index (χ0) is 25.7. The van der Waals surface area contributed by atoms with Crippen molar-refractivity contribution in [3.05, 3.63) is 0 Å². The first-order chi connectivity index (χ1) is 15.1. The van der Waals surface area contributed by atoms with Gasteiger partial charge in [0.05, 0.1) is 0 Å². The van der Waals surface area contributed by atoms with Gasteiger partial charge < -0.3 is 0 Å². The minimum atomic E-state index is 0.532. The van der Waals surface area contributed by atoms with Crippen molar-refractivity contribution < 1.29 is 0 Å². The summed E-state index contributed by atoms with van der Waals surface area (Å²) in [6.45, 7) is 28.1. The molecule has 0 N–H and O–H groups in total. The molecule has 0 bridgehead atoms. The van der Waals surface area contributed by atoms with Crippen LogP contribution in [0.25, 0.3) is 0 Å². The lowest BCUT2D eigenvalue weighted by molar-refractivity contribution is 0.145. The minimum absolute atomic E-state index is 0.532. The molecular weight excluding hydrogens is 396 g/mol. The molecule has 0 aliphatic heterocycles. The lowest BCUT2D eigenvalue weighted by atomic mass is 9.69. The summed E-state index contributed by atoms with van der Waals surface area (Å²) in [6, 6.07) is 0. The normalized spacial score (nSPS) is 22.8. The highest BCUT2D eigenvalue weighted by Gasteiger charge is 2.29. The van der Waals surface area contributed by atoms with Crippen LogP contribution in [0, 0.1) is 39.9 Å². The van der Waals surface area contributed by atoms with Crippen molar-refractivity contribution in [3.63, 3.8) is 0 Å². The monoisotopic (exact) mass is 465 g/mol. The molecule has 0 heteroatoms. The fourth-order valence-electron chi connectivity index (χ4n) is 5.50. The molecule has 0 aromatic heterocycles. The first-order valence-electron chi connectivity index (χ1n) is 15.1. The molecule has 2 aliphatic rings. The molecule has 0 unspecified atom stereocenters. The second-order valence-corrected chi connectivity index (χ2v) is 15.4. The first kappa shape index (κ1) is 33.0. The van der Waals surface area contributed by atoms with Crippen LogP contribution >= 0.6 is 0 Å². The zero-order valence-corrected chi connectivity index (χ0v) is 25.7. The van der Waals surface area contributed by atoms with E-state index in [1.54, 1.807) is 0 Å². The average Bonchev–Trinajstić information content (AvgIpc) is 2.71. The Morgan fingerprint density at radius 3 is 1.39 bits per heavy atom. The maximum atomic E-state index is 2.41. The highest BCUT2D eigenvalue weighted by atomic mass is 14.3. The van der Waals surface area contributed by atoms with E-state index in [1.165, 1.54) is 89.9 Å². The molecule has 2 fully saturated rings. The van der Waals surface area contributed by atoms with Gasteiger partial charge in [-0.25, -0.2) is 0 Å². The van der Waals surface area contributed by atoms with Gasteiger partial charge in [0.1, 0.15) is 0 Å². The first-order valence-corrected chi connectivity index (χ1v) is 15.1. The Morgan fingerprint density at radius 2 is 1.09 bits per heavy atom. The van der Waals surface area contributed by atoms with Gasteiger partial charge in [-0.2, -0.15) is 0 Å². The van der Waals surface area contributed by atoms with Crippen molar-refractivity contribution in [2.24, 2.45) is 39.9 Å². The average molecular weight is 465 g/mol. The summed E-state index contributed by atoms with van der Waals surface area (Å²) in [5, 5.41) is 0. The Balaban J connectivity index is 0.000000482. The van der Waals surface area contributed by atoms with E-state index < -0.39 is 0 Å². The van der Waals surface area contributed by atoms with E-state index in [2.05, 4.69) is 83.1 Å². The lowest BCUT2D eigenvalue weighted by Crippen LogP contribution is -2.25. The van der Waals surface area contributed by atoms with E-state index in [0.29, 0.717) is 16.2 Å². The van der Waals surface area contributed by atoms with Crippen LogP contribution in [0.4, 0.5) is 0 Å². The number of rotatable bonds is 5. The van der Waals surface area contributed by atoms with Gasteiger partial charge >= 0.3 is 0 Å². The molecule has 33 heavy (non-hydrogen) atoms. The highest BCUT2D eigenvalue weighted by Crippen LogP contribution is 2.41. The Labute approximate surface area is 212 Å². The fraction of sp³-hybridized carbons (Fsp3) is 1.00. The molecule has 0 atom stereocenters. The molecule has 0 amide bonds. The SMILES string of the molecule is CC(C)(C)C1CCCCC1.CC(C)CCC(C)(C)C.CCCCC1CCC(C(C)(C)C)CC1. The number of unbranched alkanes of at least 4 members (excludes halogenated alkanes) is 1. The van der Waals surface area contributed by atoms with E-state index in [0.717, 1.165) is 23.7 Å². The van der Waals surface area contributed by atoms with Crippen LogP contribution < -0.4 is 0 Å². The van der Waals surface area contributed by atoms with Gasteiger partial charge in [0.2, 0.25) is 0 Å². The summed E-state index contributed by atoms with van der Waals surface area (Å²) in [6.07, 6.45) is 20.4. The van der Waals surface area contributed by atoms with Crippen LogP contribution in [0.1, 0.15) is 173 Å². The predicted octanol–water partition coefficient (Wildman–Crippen LogP) is 12.1. The van der Waals surface area contributed by atoms with Crippen molar-refractivity contribution in [2.45, 2.75) is 173 Å². The molecule has 200 valence electrons. The second-order valence-electron chi connectivity index (χ2n) is 15.4. The smallest absolute Gasteiger partial charge is 0.0354 e. The van der Waals surface area contributed by atoms with Crippen molar-refractivity contribution >= 4 is 0 Å². The van der Waals surface area contributed by atoms with Gasteiger partial charge in [0.15, 0.2) is 0 Å². The van der Waals surface area contributed by atoms with Crippen molar-refractivity contribution in [2.75, 3.05) is 0 Å². The van der Waals surface area contributed by atoms with Crippen LogP contribution in [0.15, 0.2) is 0 Å². The molecule has 2 aliphatic carbocycles. The third-order valence-corrected chi connectivity index (χ3v) is 8.34. The standard InChI is InChI=1S/C14H28.C10H20.C9H20/c1-5-6-7-12-8-10-13(11-9-12)14(2,3)4;1-10(2,3)9-7-5-4-6-8-9;1-8(2)6-7-9(3,4)5/h12-13H,5-11H2,1-4H3;9H,4-8H2,1-3H3;8H,6-7H2,1-5H3. The Kier molecular flexibility index (Phi) is 15.9. The van der Waals surface area contributed by atoms with Gasteiger partial charge in [-0.05, 0) is 72.0 Å². The molecule has 0 spiro atoms. The van der Waals surface area contributed by atoms with Gasteiger partial charge in [-0.15, -0.1) is 0 Å². The largest absolute Gasteiger partial charge is 0.0654 e. The summed E-state index contributed by atoms with van der Waals surface area (Å²) >= 11 is 0. The molecule has 0 saturated heterocycles. The number of hydrogen-bond donors (Lipinski definition) is 0. The molecule has 0 radical (unpaired) electrons. The van der Waals surface area contributed by atoms with Crippen molar-refractivity contribution in [1.82, 2.24) is 0 Å². The molecule has 2 saturated carbocycles. The Hall–Kier alpha value is 0. The Bertz CT molecular complexity index is 436. The van der Waals surface area contributed by atoms with E-state index in [4.69, 9.17) is 0 Å². The molecule has 0 aromatic carbocycles. The molecular formula is C33H68. The van der Waals surface area contributed by atoms with Gasteiger partial charge in [0.25, 0.3) is 0 Å². The van der Waals surface area contributed by atoms with Crippen molar-refractivity contribution in [3.8, 4) is 0 Å². The third kappa shape index (κ3) is 18.0. The summed E-state index contributed by atoms with van der Waals surface area (Å²) in [7, 11) is 0. The molecule has 2 rings (SSSR count). The lowest BCUT2D eigenvalue weighted by Gasteiger charge is -2.37. The van der Waals surface area contributed by atoms with Crippen LogP contribution in [-0.4, -0.2) is 0 Å². The molecule has 0 nitrogen and oxygen atoms in total. The van der Waals surface area contributed by atoms with Gasteiger partial charge in [-0.1, -0.05) is 141 Å². The van der Waals surface area contributed by atoms with Crippen LogP contribution in [-0.2, 0) is 0 Å². The van der Waals surface area contributed by atoms with Crippen LogP contribution in [0.2, 0.25) is 0 Å². The van der Waals surface area contributed by atoms with E-state index in [9.17, 15) is 0 Å². The van der Waals surface area contributed by atoms with E-state index >= 15 is 0 Å². The summed E-state index contributed by atoms with van der Waals surface area (Å²) in [4.78, 5) is 0. The summed E-state index contributed by atoms with van der Waals surface area (Å²) < 4.78 is 0. The zero-order valence-electron chi connectivity index (χ0n) is 25.7. The quantitative estimate of drug-likeness (QED) is 0.379. The van der Waals surface area contributed by atoms with Gasteiger partial charge in [0, 0.05) is 0 Å². The topological polar surface area (TPSA) is 0 Å². The van der Waals surface area contributed by atoms with Crippen LogP contribution in [0.5, 0.6) is 0 Å². The second kappa shape index (κ2) is 15.9. The fourth-order valence-corrected chi connectivity index (χ4v) is 5.50. The Morgan fingerprint density at radius 1 is 0.636 bits per heavy atom. The van der Waals surface area contributed by atoms with E-state index in [-0.39, 0.29) is 0 Å². The predicted molar refractivity (Wildman–Crippen MR) is 154 cm³/mol.